The van der Waals surface area contributed by atoms with Gasteiger partial charge >= 0.3 is 0 Å². The molecule has 6 aromatic carbocycles. The van der Waals surface area contributed by atoms with Crippen molar-refractivity contribution in [2.75, 3.05) is 14.7 Å². The molecule has 3 heterocycles. The Morgan fingerprint density at radius 3 is 0.786 bits per heavy atom. The fraction of sp³-hybridized carbons (Fsp3) is 0. The molecular formula is C38H26BN3. The Kier molecular flexibility index (Phi) is 5.45. The Hall–Kier alpha value is -5.66. The molecule has 3 aliphatic heterocycles. The second-order valence-electron chi connectivity index (χ2n) is 10.6. The van der Waals surface area contributed by atoms with Gasteiger partial charge in [-0.3, -0.25) is 0 Å². The molecule has 4 heteroatoms. The third-order valence-corrected chi connectivity index (χ3v) is 8.53. The molecule has 0 amide bonds. The molecule has 0 aromatic heterocycles. The maximum atomic E-state index is 4.00. The predicted molar refractivity (Wildman–Crippen MR) is 179 cm³/mol. The van der Waals surface area contributed by atoms with E-state index in [-0.39, 0.29) is 6.71 Å². The van der Waals surface area contributed by atoms with E-state index >= 15 is 0 Å². The normalized spacial score (nSPS) is 13.2. The van der Waals surface area contributed by atoms with Gasteiger partial charge in [0, 0.05) is 51.2 Å². The Bertz CT molecular complexity index is 1680. The maximum absolute atomic E-state index is 4.00. The van der Waals surface area contributed by atoms with Crippen LogP contribution in [0, 0.1) is 12.8 Å². The first-order valence-electron chi connectivity index (χ1n) is 14.2. The van der Waals surface area contributed by atoms with Gasteiger partial charge in [0.2, 0.25) is 0 Å². The van der Waals surface area contributed by atoms with Gasteiger partial charge in [0.25, 0.3) is 6.71 Å². The zero-order valence-corrected chi connectivity index (χ0v) is 22.9. The molecule has 9 rings (SSSR count). The van der Waals surface area contributed by atoms with E-state index in [4.69, 9.17) is 0 Å². The second kappa shape index (κ2) is 9.47. The summed E-state index contributed by atoms with van der Waals surface area (Å²) in [5, 5.41) is 0. The molecule has 3 aliphatic rings. The summed E-state index contributed by atoms with van der Waals surface area (Å²) in [6.45, 7) is 0.142. The molecule has 0 bridgehead atoms. The summed E-state index contributed by atoms with van der Waals surface area (Å²) >= 11 is 0. The summed E-state index contributed by atoms with van der Waals surface area (Å²) in [6.07, 6.45) is 8.00. The van der Waals surface area contributed by atoms with Crippen molar-refractivity contribution in [3.8, 4) is 12.8 Å². The lowest BCUT2D eigenvalue weighted by Crippen LogP contribution is -2.64. The van der Waals surface area contributed by atoms with Crippen LogP contribution in [-0.2, 0) is 0 Å². The van der Waals surface area contributed by atoms with Gasteiger partial charge in [-0.25, -0.2) is 0 Å². The standard InChI is InChI=1S/C36H24BN3.C2H2/c1-4-13-25(14-5-1)38-28-19-10-21-30-34(28)37-35-29(38)20-11-22-31(35)40(27-17-8-3-9-18-27)33-24-12-23-32(36(33)37)39(30)26-15-6-2-7-16-26;1-2/h1-24H;1-2H. The van der Waals surface area contributed by atoms with Gasteiger partial charge < -0.3 is 14.7 Å². The van der Waals surface area contributed by atoms with Crippen molar-refractivity contribution in [1.82, 2.24) is 0 Å². The Labute approximate surface area is 247 Å². The molecule has 196 valence electrons. The number of anilines is 9. The fourth-order valence-corrected chi connectivity index (χ4v) is 7.07. The first-order chi connectivity index (χ1) is 20.9. The summed E-state index contributed by atoms with van der Waals surface area (Å²) in [5.74, 6) is 0. The molecule has 0 unspecified atom stereocenters. The van der Waals surface area contributed by atoms with Crippen LogP contribution in [0.25, 0.3) is 0 Å². The molecular weight excluding hydrogens is 509 g/mol. The van der Waals surface area contributed by atoms with Gasteiger partial charge in [0.1, 0.15) is 0 Å². The van der Waals surface area contributed by atoms with Crippen LogP contribution in [0.15, 0.2) is 146 Å². The molecule has 6 aromatic rings. The highest BCUT2D eigenvalue weighted by Crippen LogP contribution is 2.49. The smallest absolute Gasteiger partial charge is 0.257 e. The minimum Gasteiger partial charge on any atom is -0.311 e. The van der Waals surface area contributed by atoms with Gasteiger partial charge in [0.15, 0.2) is 0 Å². The zero-order chi connectivity index (χ0) is 28.2. The van der Waals surface area contributed by atoms with Crippen molar-refractivity contribution in [1.29, 1.82) is 0 Å². The highest BCUT2D eigenvalue weighted by molar-refractivity contribution is 7.02. The van der Waals surface area contributed by atoms with Gasteiger partial charge in [-0.05, 0) is 89.2 Å². The average Bonchev–Trinajstić information content (AvgIpc) is 3.07. The highest BCUT2D eigenvalue weighted by Gasteiger charge is 2.48. The lowest BCUT2D eigenvalue weighted by atomic mass is 9.32. The van der Waals surface area contributed by atoms with E-state index in [1.165, 1.54) is 67.6 Å². The fourth-order valence-electron chi connectivity index (χ4n) is 7.07. The number of hydrogen-bond acceptors (Lipinski definition) is 3. The largest absolute Gasteiger partial charge is 0.311 e. The highest BCUT2D eigenvalue weighted by atomic mass is 15.2. The summed E-state index contributed by atoms with van der Waals surface area (Å²) < 4.78 is 0. The van der Waals surface area contributed by atoms with Crippen molar-refractivity contribution < 1.29 is 0 Å². The van der Waals surface area contributed by atoms with Gasteiger partial charge in [0.05, 0.1) is 0 Å². The SMILES string of the molecule is C#C.c1ccc(N2c3cccc4c3B3c5c2cccc5N(c2ccccc2)c2cccc(c23)N4c2ccccc2)cc1. The minimum absolute atomic E-state index is 0.142. The van der Waals surface area contributed by atoms with Crippen molar-refractivity contribution in [2.45, 2.75) is 0 Å². The molecule has 0 radical (unpaired) electrons. The molecule has 0 atom stereocenters. The molecule has 3 nitrogen and oxygen atoms in total. The number of para-hydroxylation sites is 3. The third-order valence-electron chi connectivity index (χ3n) is 8.53. The Balaban J connectivity index is 0.00000131. The van der Waals surface area contributed by atoms with E-state index in [1.54, 1.807) is 0 Å². The Morgan fingerprint density at radius 2 is 0.548 bits per heavy atom. The van der Waals surface area contributed by atoms with Crippen molar-refractivity contribution in [3.05, 3.63) is 146 Å². The summed E-state index contributed by atoms with van der Waals surface area (Å²) in [5.41, 5.74) is 15.1. The van der Waals surface area contributed by atoms with Crippen molar-refractivity contribution in [3.63, 3.8) is 0 Å². The molecule has 0 N–H and O–H groups in total. The van der Waals surface area contributed by atoms with Gasteiger partial charge in [-0.1, -0.05) is 72.8 Å². The van der Waals surface area contributed by atoms with Crippen LogP contribution in [0.1, 0.15) is 0 Å². The number of nitrogens with zero attached hydrogens (tertiary/aromatic N) is 3. The van der Waals surface area contributed by atoms with E-state index in [0.717, 1.165) is 0 Å². The van der Waals surface area contributed by atoms with Crippen molar-refractivity contribution in [2.24, 2.45) is 0 Å². The first-order valence-corrected chi connectivity index (χ1v) is 14.2. The molecule has 0 fully saturated rings. The average molecular weight is 535 g/mol. The van der Waals surface area contributed by atoms with Gasteiger partial charge in [-0.2, -0.15) is 0 Å². The van der Waals surface area contributed by atoms with Crippen molar-refractivity contribution >= 4 is 74.3 Å². The zero-order valence-electron chi connectivity index (χ0n) is 22.9. The lowest BCUT2D eigenvalue weighted by Gasteiger charge is -2.49. The van der Waals surface area contributed by atoms with E-state index in [2.05, 4.69) is 173 Å². The topological polar surface area (TPSA) is 9.72 Å². The molecule has 0 saturated carbocycles. The number of benzene rings is 6. The van der Waals surface area contributed by atoms with Gasteiger partial charge in [-0.15, -0.1) is 12.8 Å². The summed E-state index contributed by atoms with van der Waals surface area (Å²) in [4.78, 5) is 7.37. The van der Waals surface area contributed by atoms with E-state index in [9.17, 15) is 0 Å². The third kappa shape index (κ3) is 3.25. The number of terminal acetylenes is 1. The maximum Gasteiger partial charge on any atom is 0.257 e. The van der Waals surface area contributed by atoms with Crippen LogP contribution >= 0.6 is 0 Å². The minimum atomic E-state index is 0.142. The van der Waals surface area contributed by atoms with Crippen LogP contribution < -0.4 is 31.1 Å². The molecule has 0 aliphatic carbocycles. The van der Waals surface area contributed by atoms with Crippen LogP contribution in [0.4, 0.5) is 51.2 Å². The monoisotopic (exact) mass is 535 g/mol. The predicted octanol–water partition coefficient (Wildman–Crippen LogP) is 7.80. The van der Waals surface area contributed by atoms with Crippen LogP contribution in [-0.4, -0.2) is 6.71 Å². The lowest BCUT2D eigenvalue weighted by molar-refractivity contribution is 1.22. The molecule has 0 saturated heterocycles. The first kappa shape index (κ1) is 24.2. The molecule has 0 spiro atoms. The quantitative estimate of drug-likeness (QED) is 0.169. The summed E-state index contributed by atoms with van der Waals surface area (Å²) in [7, 11) is 0. The number of hydrogen-bond donors (Lipinski definition) is 0. The van der Waals surface area contributed by atoms with Crippen LogP contribution in [0.2, 0.25) is 0 Å². The van der Waals surface area contributed by atoms with E-state index < -0.39 is 0 Å². The van der Waals surface area contributed by atoms with E-state index in [1.807, 2.05) is 0 Å². The molecule has 42 heavy (non-hydrogen) atoms. The van der Waals surface area contributed by atoms with Crippen LogP contribution in [0.5, 0.6) is 0 Å². The van der Waals surface area contributed by atoms with Crippen LogP contribution in [0.3, 0.4) is 0 Å². The van der Waals surface area contributed by atoms with E-state index in [0.29, 0.717) is 0 Å². The Morgan fingerprint density at radius 1 is 0.310 bits per heavy atom. The summed E-state index contributed by atoms with van der Waals surface area (Å²) in [6, 6.07) is 52.8. The second-order valence-corrected chi connectivity index (χ2v) is 10.6. The number of rotatable bonds is 3.